The molecule has 0 unspecified atom stereocenters. The predicted molar refractivity (Wildman–Crippen MR) is 124 cm³/mol. The molecule has 0 rings (SSSR count). The van der Waals surface area contributed by atoms with Gasteiger partial charge in [0.05, 0.1) is 0 Å². The quantitative estimate of drug-likeness (QED) is 0.142. The lowest BCUT2D eigenvalue weighted by Gasteiger charge is -2.30. The molecule has 0 aromatic heterocycles. The Kier molecular flexibility index (Phi) is 19.6. The smallest absolute Gasteiger partial charge is 0.337 e. The Labute approximate surface area is 173 Å². The van der Waals surface area contributed by atoms with Gasteiger partial charge in [0.1, 0.15) is 0 Å². The molecule has 2 nitrogen and oxygen atoms in total. The third-order valence-corrected chi connectivity index (χ3v) is 9.75. The lowest BCUT2D eigenvalue weighted by Crippen LogP contribution is -2.42. The van der Waals surface area contributed by atoms with Gasteiger partial charge in [-0.2, -0.15) is 0 Å². The molecule has 0 aliphatic rings. The summed E-state index contributed by atoms with van der Waals surface area (Å²) < 4.78 is 12.8. The van der Waals surface area contributed by atoms with Crippen LogP contribution in [-0.4, -0.2) is 21.8 Å². The molecule has 0 saturated carbocycles. The highest BCUT2D eigenvalue weighted by atomic mass is 28.4. The maximum absolute atomic E-state index is 6.40. The molecule has 0 bridgehead atoms. The van der Waals surface area contributed by atoms with E-state index in [0.29, 0.717) is 5.92 Å². The lowest BCUT2D eigenvalue weighted by molar-refractivity contribution is 0.140. The summed E-state index contributed by atoms with van der Waals surface area (Å²) in [4.78, 5) is 0. The third kappa shape index (κ3) is 14.7. The van der Waals surface area contributed by atoms with Crippen LogP contribution in [0.25, 0.3) is 0 Å². The highest BCUT2D eigenvalue weighted by Crippen LogP contribution is 2.22. The molecule has 0 saturated heterocycles. The van der Waals surface area contributed by atoms with E-state index in [9.17, 15) is 0 Å². The normalized spacial score (nSPS) is 12.2. The van der Waals surface area contributed by atoms with Gasteiger partial charge in [0, 0.05) is 13.2 Å². The van der Waals surface area contributed by atoms with Gasteiger partial charge in [0.15, 0.2) is 0 Å². The van der Waals surface area contributed by atoms with Gasteiger partial charge in [0.25, 0.3) is 0 Å². The SMILES string of the molecule is CCCCCCCCCCCCCCO[Si](CC)(CC)OCC(CC)CC. The molecule has 0 atom stereocenters. The van der Waals surface area contributed by atoms with Crippen LogP contribution in [0.3, 0.4) is 0 Å². The summed E-state index contributed by atoms with van der Waals surface area (Å²) in [5.74, 6) is 0.699. The lowest BCUT2D eigenvalue weighted by atomic mass is 10.1. The van der Waals surface area contributed by atoms with E-state index < -0.39 is 8.56 Å². The molecule has 0 spiro atoms. The summed E-state index contributed by atoms with van der Waals surface area (Å²) in [6.07, 6.45) is 19.2. The molecule has 0 heterocycles. The number of hydrogen-bond donors (Lipinski definition) is 0. The zero-order valence-corrected chi connectivity index (χ0v) is 20.6. The molecule has 0 aromatic rings. The van der Waals surface area contributed by atoms with Crippen molar-refractivity contribution in [2.45, 2.75) is 137 Å². The molecule has 0 aliphatic heterocycles. The first-order chi connectivity index (χ1) is 13.2. The van der Waals surface area contributed by atoms with Crippen molar-refractivity contribution in [3.05, 3.63) is 0 Å². The minimum Gasteiger partial charge on any atom is -0.394 e. The average molecular weight is 401 g/mol. The molecule has 0 aliphatic carbocycles. The van der Waals surface area contributed by atoms with Gasteiger partial charge in [-0.15, -0.1) is 0 Å². The first-order valence-corrected chi connectivity index (χ1v) is 14.7. The van der Waals surface area contributed by atoms with Gasteiger partial charge in [-0.1, -0.05) is 118 Å². The summed E-state index contributed by atoms with van der Waals surface area (Å²) >= 11 is 0. The molecule has 0 N–H and O–H groups in total. The van der Waals surface area contributed by atoms with Crippen LogP contribution in [0.1, 0.15) is 125 Å². The fourth-order valence-electron chi connectivity index (χ4n) is 3.70. The van der Waals surface area contributed by atoms with E-state index >= 15 is 0 Å². The first-order valence-electron chi connectivity index (χ1n) is 12.5. The van der Waals surface area contributed by atoms with Crippen molar-refractivity contribution in [3.63, 3.8) is 0 Å². The van der Waals surface area contributed by atoms with E-state index in [2.05, 4.69) is 34.6 Å². The molecule has 0 radical (unpaired) electrons. The predicted octanol–water partition coefficient (Wildman–Crippen LogP) is 8.64. The van der Waals surface area contributed by atoms with Crippen LogP contribution in [0.4, 0.5) is 0 Å². The summed E-state index contributed by atoms with van der Waals surface area (Å²) in [7, 11) is -1.94. The molecule has 164 valence electrons. The van der Waals surface area contributed by atoms with Gasteiger partial charge in [0.2, 0.25) is 0 Å². The van der Waals surface area contributed by atoms with Crippen LogP contribution >= 0.6 is 0 Å². The molecule has 3 heteroatoms. The molecule has 0 amide bonds. The van der Waals surface area contributed by atoms with Gasteiger partial charge in [-0.05, 0) is 24.4 Å². The second-order valence-electron chi connectivity index (χ2n) is 8.35. The fraction of sp³-hybridized carbons (Fsp3) is 1.00. The van der Waals surface area contributed by atoms with E-state index in [4.69, 9.17) is 8.85 Å². The standard InChI is InChI=1S/C24H52O2Si/c1-6-11-12-13-14-15-16-17-18-19-20-21-22-25-27(9-4,10-5)26-23-24(7-2)8-3/h24H,6-23H2,1-5H3. The molecular formula is C24H52O2Si. The van der Waals surface area contributed by atoms with Crippen LogP contribution in [0.5, 0.6) is 0 Å². The number of rotatable bonds is 21. The van der Waals surface area contributed by atoms with E-state index in [1.165, 1.54) is 89.9 Å². The zero-order valence-electron chi connectivity index (χ0n) is 19.6. The van der Waals surface area contributed by atoms with E-state index in [-0.39, 0.29) is 0 Å². The molecular weight excluding hydrogens is 348 g/mol. The topological polar surface area (TPSA) is 18.5 Å². The van der Waals surface area contributed by atoms with Crippen molar-refractivity contribution in [2.75, 3.05) is 13.2 Å². The van der Waals surface area contributed by atoms with E-state index in [0.717, 1.165) is 25.3 Å². The maximum Gasteiger partial charge on any atom is 0.337 e. The molecule has 0 aromatic carbocycles. The van der Waals surface area contributed by atoms with Crippen molar-refractivity contribution < 1.29 is 8.85 Å². The van der Waals surface area contributed by atoms with Gasteiger partial charge >= 0.3 is 8.56 Å². The Hall–Kier alpha value is 0.137. The average Bonchev–Trinajstić information content (AvgIpc) is 2.70. The van der Waals surface area contributed by atoms with Crippen molar-refractivity contribution in [3.8, 4) is 0 Å². The Balaban J connectivity index is 3.66. The second kappa shape index (κ2) is 19.5. The van der Waals surface area contributed by atoms with Crippen molar-refractivity contribution in [2.24, 2.45) is 5.92 Å². The summed E-state index contributed by atoms with van der Waals surface area (Å²) in [5, 5.41) is 0. The molecule has 27 heavy (non-hydrogen) atoms. The Bertz CT molecular complexity index is 288. The van der Waals surface area contributed by atoms with E-state index in [1.54, 1.807) is 0 Å². The van der Waals surface area contributed by atoms with Crippen molar-refractivity contribution in [1.82, 2.24) is 0 Å². The minimum absolute atomic E-state index is 0.699. The highest BCUT2D eigenvalue weighted by Gasteiger charge is 2.33. The fourth-order valence-corrected chi connectivity index (χ4v) is 6.15. The Morgan fingerprint density at radius 1 is 0.556 bits per heavy atom. The first kappa shape index (κ1) is 27.1. The van der Waals surface area contributed by atoms with Crippen LogP contribution in [-0.2, 0) is 8.85 Å². The zero-order chi connectivity index (χ0) is 20.2. The Morgan fingerprint density at radius 2 is 1.00 bits per heavy atom. The number of unbranched alkanes of at least 4 members (excludes halogenated alkanes) is 11. The van der Waals surface area contributed by atoms with Gasteiger partial charge in [-0.25, -0.2) is 0 Å². The maximum atomic E-state index is 6.40. The summed E-state index contributed by atoms with van der Waals surface area (Å²) in [5.41, 5.74) is 0. The summed E-state index contributed by atoms with van der Waals surface area (Å²) in [6.45, 7) is 13.2. The van der Waals surface area contributed by atoms with Gasteiger partial charge < -0.3 is 8.85 Å². The Morgan fingerprint density at radius 3 is 1.41 bits per heavy atom. The second-order valence-corrected chi connectivity index (χ2v) is 12.2. The number of hydrogen-bond acceptors (Lipinski definition) is 2. The van der Waals surface area contributed by atoms with Crippen LogP contribution in [0, 0.1) is 5.92 Å². The van der Waals surface area contributed by atoms with Crippen molar-refractivity contribution >= 4 is 8.56 Å². The summed E-state index contributed by atoms with van der Waals surface area (Å²) in [6, 6.07) is 2.17. The van der Waals surface area contributed by atoms with Gasteiger partial charge in [-0.3, -0.25) is 0 Å². The van der Waals surface area contributed by atoms with Crippen molar-refractivity contribution in [1.29, 1.82) is 0 Å². The molecule has 0 fully saturated rings. The van der Waals surface area contributed by atoms with Crippen LogP contribution < -0.4 is 0 Å². The largest absolute Gasteiger partial charge is 0.394 e. The highest BCUT2D eigenvalue weighted by molar-refractivity contribution is 6.67. The van der Waals surface area contributed by atoms with Crippen LogP contribution in [0.2, 0.25) is 12.1 Å². The monoisotopic (exact) mass is 400 g/mol. The van der Waals surface area contributed by atoms with E-state index in [1.807, 2.05) is 0 Å². The third-order valence-electron chi connectivity index (χ3n) is 6.18. The minimum atomic E-state index is -1.94. The van der Waals surface area contributed by atoms with Crippen LogP contribution in [0.15, 0.2) is 0 Å².